The average Bonchev–Trinajstić information content (AvgIpc) is 2.23. The van der Waals surface area contributed by atoms with Gasteiger partial charge in [0.15, 0.2) is 0 Å². The number of aliphatic hydroxyl groups is 1. The molecule has 0 atom stereocenters. The van der Waals surface area contributed by atoms with Gasteiger partial charge in [-0.25, -0.2) is 0 Å². The topological polar surface area (TPSA) is 29.5 Å². The summed E-state index contributed by atoms with van der Waals surface area (Å²) in [6.45, 7) is 2.88. The average molecular weight is 206 g/mol. The van der Waals surface area contributed by atoms with Crippen LogP contribution in [0.2, 0.25) is 0 Å². The van der Waals surface area contributed by atoms with E-state index in [2.05, 4.69) is 19.1 Å². The van der Waals surface area contributed by atoms with Crippen LogP contribution in [0.3, 0.4) is 0 Å². The Hall–Kier alpha value is -1.02. The fraction of sp³-hybridized carbons (Fsp3) is 0.538. The van der Waals surface area contributed by atoms with E-state index in [-0.39, 0.29) is 6.10 Å². The van der Waals surface area contributed by atoms with Crippen molar-refractivity contribution < 1.29 is 9.84 Å². The summed E-state index contributed by atoms with van der Waals surface area (Å²) < 4.78 is 5.51. The molecular weight excluding hydrogens is 188 g/mol. The molecule has 1 N–H and O–H groups in total. The monoisotopic (exact) mass is 206 g/mol. The quantitative estimate of drug-likeness (QED) is 0.820. The molecule has 1 aliphatic carbocycles. The van der Waals surface area contributed by atoms with Crippen LogP contribution in [0.5, 0.6) is 5.75 Å². The standard InChI is InChI=1S/C13H18O2/c1-2-7-15-13-5-3-10(4-6-13)11-8-12(14)9-11/h3-6,11-12,14H,2,7-9H2,1H3. The molecule has 1 aliphatic rings. The Balaban J connectivity index is 1.92. The van der Waals surface area contributed by atoms with E-state index in [1.54, 1.807) is 0 Å². The lowest BCUT2D eigenvalue weighted by Crippen LogP contribution is -2.26. The fourth-order valence-electron chi connectivity index (χ4n) is 1.92. The third-order valence-electron chi connectivity index (χ3n) is 2.94. The number of hydrogen-bond donors (Lipinski definition) is 1. The summed E-state index contributed by atoms with van der Waals surface area (Å²) in [5.41, 5.74) is 1.32. The van der Waals surface area contributed by atoms with Crippen molar-refractivity contribution in [3.63, 3.8) is 0 Å². The highest BCUT2D eigenvalue weighted by molar-refractivity contribution is 5.30. The second-order valence-electron chi connectivity index (χ2n) is 4.24. The number of hydrogen-bond acceptors (Lipinski definition) is 2. The Morgan fingerprint density at radius 3 is 2.47 bits per heavy atom. The van der Waals surface area contributed by atoms with E-state index in [0.29, 0.717) is 5.92 Å². The van der Waals surface area contributed by atoms with Crippen molar-refractivity contribution in [2.75, 3.05) is 6.61 Å². The van der Waals surface area contributed by atoms with Gasteiger partial charge in [-0.2, -0.15) is 0 Å². The van der Waals surface area contributed by atoms with Crippen LogP contribution in [0.15, 0.2) is 24.3 Å². The molecule has 15 heavy (non-hydrogen) atoms. The maximum Gasteiger partial charge on any atom is 0.119 e. The normalized spacial score (nSPS) is 24.7. The summed E-state index contributed by atoms with van der Waals surface area (Å²) in [5, 5.41) is 9.23. The van der Waals surface area contributed by atoms with E-state index in [0.717, 1.165) is 31.6 Å². The second-order valence-corrected chi connectivity index (χ2v) is 4.24. The molecule has 0 radical (unpaired) electrons. The molecule has 0 amide bonds. The minimum Gasteiger partial charge on any atom is -0.494 e. The van der Waals surface area contributed by atoms with Crippen molar-refractivity contribution in [3.05, 3.63) is 29.8 Å². The maximum atomic E-state index is 9.23. The molecule has 1 aromatic carbocycles. The van der Waals surface area contributed by atoms with Crippen molar-refractivity contribution in [1.29, 1.82) is 0 Å². The Morgan fingerprint density at radius 2 is 1.93 bits per heavy atom. The molecule has 0 spiro atoms. The highest BCUT2D eigenvalue weighted by Gasteiger charge is 2.28. The largest absolute Gasteiger partial charge is 0.494 e. The van der Waals surface area contributed by atoms with Crippen LogP contribution in [0.1, 0.15) is 37.7 Å². The Labute approximate surface area is 90.9 Å². The molecular formula is C13H18O2. The van der Waals surface area contributed by atoms with Crippen LogP contribution in [-0.2, 0) is 0 Å². The van der Waals surface area contributed by atoms with Crippen molar-refractivity contribution >= 4 is 0 Å². The first-order chi connectivity index (χ1) is 7.29. The minimum atomic E-state index is -0.0778. The maximum absolute atomic E-state index is 9.23. The predicted octanol–water partition coefficient (Wildman–Crippen LogP) is 2.71. The lowest BCUT2D eigenvalue weighted by atomic mass is 9.78. The molecule has 0 unspecified atom stereocenters. The number of rotatable bonds is 4. The first-order valence-electron chi connectivity index (χ1n) is 5.70. The Bertz CT molecular complexity index is 299. The van der Waals surface area contributed by atoms with Gasteiger partial charge in [-0.05, 0) is 42.9 Å². The first kappa shape index (κ1) is 10.5. The van der Waals surface area contributed by atoms with Crippen molar-refractivity contribution in [3.8, 4) is 5.75 Å². The molecule has 2 heteroatoms. The fourth-order valence-corrected chi connectivity index (χ4v) is 1.92. The van der Waals surface area contributed by atoms with E-state index in [1.165, 1.54) is 5.56 Å². The van der Waals surface area contributed by atoms with Gasteiger partial charge in [0.2, 0.25) is 0 Å². The van der Waals surface area contributed by atoms with E-state index in [4.69, 9.17) is 4.74 Å². The molecule has 2 nitrogen and oxygen atoms in total. The SMILES string of the molecule is CCCOc1ccc(C2CC(O)C2)cc1. The molecule has 1 aromatic rings. The van der Waals surface area contributed by atoms with Crippen molar-refractivity contribution in [2.24, 2.45) is 0 Å². The minimum absolute atomic E-state index is 0.0778. The zero-order chi connectivity index (χ0) is 10.7. The summed E-state index contributed by atoms with van der Waals surface area (Å²) in [7, 11) is 0. The predicted molar refractivity (Wildman–Crippen MR) is 60.2 cm³/mol. The molecule has 0 bridgehead atoms. The number of benzene rings is 1. The molecule has 2 rings (SSSR count). The number of ether oxygens (including phenoxy) is 1. The van der Waals surface area contributed by atoms with Gasteiger partial charge >= 0.3 is 0 Å². The van der Waals surface area contributed by atoms with Crippen molar-refractivity contribution in [1.82, 2.24) is 0 Å². The van der Waals surface area contributed by atoms with Crippen LogP contribution in [0.4, 0.5) is 0 Å². The Kier molecular flexibility index (Phi) is 3.27. The van der Waals surface area contributed by atoms with E-state index in [9.17, 15) is 5.11 Å². The van der Waals surface area contributed by atoms with E-state index in [1.807, 2.05) is 12.1 Å². The molecule has 0 aromatic heterocycles. The lowest BCUT2D eigenvalue weighted by molar-refractivity contribution is 0.0746. The van der Waals surface area contributed by atoms with Crippen LogP contribution in [-0.4, -0.2) is 17.8 Å². The highest BCUT2D eigenvalue weighted by atomic mass is 16.5. The molecule has 0 aliphatic heterocycles. The molecule has 1 saturated carbocycles. The summed E-state index contributed by atoms with van der Waals surface area (Å²) >= 11 is 0. The third kappa shape index (κ3) is 2.51. The van der Waals surface area contributed by atoms with Gasteiger partial charge < -0.3 is 9.84 Å². The molecule has 82 valence electrons. The zero-order valence-corrected chi connectivity index (χ0v) is 9.15. The molecule has 1 fully saturated rings. The molecule has 0 saturated heterocycles. The summed E-state index contributed by atoms with van der Waals surface area (Å²) in [6, 6.07) is 8.27. The van der Waals surface area contributed by atoms with Crippen LogP contribution >= 0.6 is 0 Å². The van der Waals surface area contributed by atoms with Crippen molar-refractivity contribution in [2.45, 2.75) is 38.2 Å². The lowest BCUT2D eigenvalue weighted by Gasteiger charge is -2.31. The van der Waals surface area contributed by atoms with Gasteiger partial charge in [-0.15, -0.1) is 0 Å². The van der Waals surface area contributed by atoms with Gasteiger partial charge in [0.25, 0.3) is 0 Å². The highest BCUT2D eigenvalue weighted by Crippen LogP contribution is 2.37. The zero-order valence-electron chi connectivity index (χ0n) is 9.15. The van der Waals surface area contributed by atoms with Gasteiger partial charge in [0.05, 0.1) is 12.7 Å². The summed E-state index contributed by atoms with van der Waals surface area (Å²) in [4.78, 5) is 0. The summed E-state index contributed by atoms with van der Waals surface area (Å²) in [6.07, 6.45) is 2.78. The van der Waals surface area contributed by atoms with Gasteiger partial charge in [-0.1, -0.05) is 19.1 Å². The number of aliphatic hydroxyl groups excluding tert-OH is 1. The van der Waals surface area contributed by atoms with Gasteiger partial charge in [0, 0.05) is 0 Å². The van der Waals surface area contributed by atoms with Gasteiger partial charge in [0.1, 0.15) is 5.75 Å². The molecule has 0 heterocycles. The van der Waals surface area contributed by atoms with E-state index >= 15 is 0 Å². The van der Waals surface area contributed by atoms with Gasteiger partial charge in [-0.3, -0.25) is 0 Å². The Morgan fingerprint density at radius 1 is 1.27 bits per heavy atom. The first-order valence-corrected chi connectivity index (χ1v) is 5.70. The van der Waals surface area contributed by atoms with Crippen LogP contribution < -0.4 is 4.74 Å². The third-order valence-corrected chi connectivity index (χ3v) is 2.94. The van der Waals surface area contributed by atoms with E-state index < -0.39 is 0 Å². The second kappa shape index (κ2) is 4.67. The summed E-state index contributed by atoms with van der Waals surface area (Å²) in [5.74, 6) is 1.50. The smallest absolute Gasteiger partial charge is 0.119 e. The van der Waals surface area contributed by atoms with Crippen LogP contribution in [0.25, 0.3) is 0 Å². The van der Waals surface area contributed by atoms with Crippen LogP contribution in [0, 0.1) is 0 Å².